The lowest BCUT2D eigenvalue weighted by Gasteiger charge is -2.27. The lowest BCUT2D eigenvalue weighted by molar-refractivity contribution is -0.121. The topological polar surface area (TPSA) is 75.4 Å². The van der Waals surface area contributed by atoms with Crippen molar-refractivity contribution in [3.8, 4) is 0 Å². The van der Waals surface area contributed by atoms with Crippen LogP contribution in [0.4, 0.5) is 5.69 Å². The van der Waals surface area contributed by atoms with E-state index < -0.39 is 5.54 Å². The molecule has 24 heavy (non-hydrogen) atoms. The highest BCUT2D eigenvalue weighted by Crippen LogP contribution is 2.29. The quantitative estimate of drug-likeness (QED) is 0.880. The van der Waals surface area contributed by atoms with Crippen molar-refractivity contribution >= 4 is 29.1 Å². The first-order valence-electron chi connectivity index (χ1n) is 8.69. The van der Waals surface area contributed by atoms with Gasteiger partial charge in [-0.1, -0.05) is 24.4 Å². The summed E-state index contributed by atoms with van der Waals surface area (Å²) in [5.41, 5.74) is 6.44. The van der Waals surface area contributed by atoms with Crippen LogP contribution >= 0.6 is 11.6 Å². The summed E-state index contributed by atoms with van der Waals surface area (Å²) in [6.45, 7) is 1.56. The van der Waals surface area contributed by atoms with Gasteiger partial charge in [0, 0.05) is 18.8 Å². The van der Waals surface area contributed by atoms with E-state index in [1.54, 1.807) is 18.2 Å². The van der Waals surface area contributed by atoms with Gasteiger partial charge < -0.3 is 16.0 Å². The highest BCUT2D eigenvalue weighted by atomic mass is 35.5. The van der Waals surface area contributed by atoms with Gasteiger partial charge in [0.1, 0.15) is 0 Å². The molecular formula is C18H24ClN3O2. The van der Waals surface area contributed by atoms with Crippen molar-refractivity contribution < 1.29 is 9.59 Å². The number of benzene rings is 1. The summed E-state index contributed by atoms with van der Waals surface area (Å²) in [5, 5.41) is 3.20. The highest BCUT2D eigenvalue weighted by molar-refractivity contribution is 6.34. The first kappa shape index (κ1) is 17.2. The molecule has 1 saturated heterocycles. The number of carbonyl (C=O) groups is 2. The van der Waals surface area contributed by atoms with Crippen molar-refractivity contribution in [2.75, 3.05) is 18.4 Å². The van der Waals surface area contributed by atoms with E-state index in [1.807, 2.05) is 4.90 Å². The lowest BCUT2D eigenvalue weighted by atomic mass is 9.98. The average molecular weight is 350 g/mol. The van der Waals surface area contributed by atoms with Crippen molar-refractivity contribution in [2.24, 2.45) is 5.73 Å². The van der Waals surface area contributed by atoms with Crippen molar-refractivity contribution in [2.45, 2.75) is 50.5 Å². The van der Waals surface area contributed by atoms with E-state index >= 15 is 0 Å². The number of rotatable bonds is 3. The molecule has 130 valence electrons. The minimum Gasteiger partial charge on any atom is -0.339 e. The maximum absolute atomic E-state index is 12.5. The zero-order chi connectivity index (χ0) is 17.2. The average Bonchev–Trinajstić information content (AvgIpc) is 3.03. The highest BCUT2D eigenvalue weighted by Gasteiger charge is 2.37. The van der Waals surface area contributed by atoms with Crippen molar-refractivity contribution in [1.82, 2.24) is 4.90 Å². The summed E-state index contributed by atoms with van der Waals surface area (Å²) in [5.74, 6) is -0.213. The van der Waals surface area contributed by atoms with Crippen LogP contribution in [0.15, 0.2) is 18.2 Å². The molecule has 2 fully saturated rings. The molecule has 1 aromatic carbocycles. The minimum atomic E-state index is -0.783. The van der Waals surface area contributed by atoms with Crippen LogP contribution in [0.2, 0.25) is 5.02 Å². The Kier molecular flexibility index (Phi) is 5.11. The van der Waals surface area contributed by atoms with Crippen LogP contribution < -0.4 is 11.1 Å². The molecule has 0 aromatic heterocycles. The molecule has 0 atom stereocenters. The number of nitrogens with two attached hydrogens (primary N) is 1. The van der Waals surface area contributed by atoms with Crippen molar-refractivity contribution in [3.63, 3.8) is 0 Å². The van der Waals surface area contributed by atoms with Crippen LogP contribution in [0.5, 0.6) is 0 Å². The maximum atomic E-state index is 12.5. The Hall–Kier alpha value is -1.59. The monoisotopic (exact) mass is 349 g/mol. The Morgan fingerprint density at radius 2 is 1.75 bits per heavy atom. The standard InChI is InChI=1S/C18H24ClN3O2/c19-15-12-13(21-17(24)18(20)8-2-3-9-18)6-7-14(15)16(23)22-10-4-1-5-11-22/h6-7,12H,1-5,8-11,20H2,(H,21,24). The fourth-order valence-electron chi connectivity index (χ4n) is 3.52. The second-order valence-electron chi connectivity index (χ2n) is 6.86. The number of carbonyl (C=O) groups excluding carboxylic acids is 2. The van der Waals surface area contributed by atoms with Crippen molar-refractivity contribution in [1.29, 1.82) is 0 Å². The Morgan fingerprint density at radius 1 is 1.08 bits per heavy atom. The fraction of sp³-hybridized carbons (Fsp3) is 0.556. The Balaban J connectivity index is 1.70. The summed E-state index contributed by atoms with van der Waals surface area (Å²) in [6.07, 6.45) is 6.62. The summed E-state index contributed by atoms with van der Waals surface area (Å²) >= 11 is 6.29. The maximum Gasteiger partial charge on any atom is 0.255 e. The smallest absolute Gasteiger partial charge is 0.255 e. The van der Waals surface area contributed by atoms with E-state index in [9.17, 15) is 9.59 Å². The summed E-state index contributed by atoms with van der Waals surface area (Å²) in [7, 11) is 0. The second kappa shape index (κ2) is 7.11. The van der Waals surface area contributed by atoms with E-state index in [0.29, 0.717) is 29.1 Å². The third-order valence-corrected chi connectivity index (χ3v) is 5.36. The number of nitrogens with one attached hydrogen (secondary N) is 1. The SMILES string of the molecule is NC1(C(=O)Nc2ccc(C(=O)N3CCCCC3)c(Cl)c2)CCCC1. The first-order chi connectivity index (χ1) is 11.5. The molecule has 0 spiro atoms. The number of likely N-dealkylation sites (tertiary alicyclic amines) is 1. The lowest BCUT2D eigenvalue weighted by Crippen LogP contribution is -2.48. The molecule has 0 bridgehead atoms. The first-order valence-corrected chi connectivity index (χ1v) is 9.07. The van der Waals surface area contributed by atoms with Crippen LogP contribution in [0.25, 0.3) is 0 Å². The van der Waals surface area contributed by atoms with Gasteiger partial charge in [-0.3, -0.25) is 9.59 Å². The summed E-state index contributed by atoms with van der Waals surface area (Å²) in [4.78, 5) is 26.8. The fourth-order valence-corrected chi connectivity index (χ4v) is 3.78. The molecule has 6 heteroatoms. The van der Waals surface area contributed by atoms with Gasteiger partial charge in [0.15, 0.2) is 0 Å². The normalized spacial score (nSPS) is 20.0. The number of amides is 2. The van der Waals surface area contributed by atoms with E-state index in [-0.39, 0.29) is 11.8 Å². The number of halogens is 1. The second-order valence-corrected chi connectivity index (χ2v) is 7.27. The molecule has 2 aliphatic rings. The Morgan fingerprint density at radius 3 is 2.38 bits per heavy atom. The van der Waals surface area contributed by atoms with Crippen LogP contribution in [0.1, 0.15) is 55.3 Å². The van der Waals surface area contributed by atoms with Crippen LogP contribution in [0.3, 0.4) is 0 Å². The molecule has 0 unspecified atom stereocenters. The van der Waals surface area contributed by atoms with Crippen LogP contribution in [-0.2, 0) is 4.79 Å². The van der Waals surface area contributed by atoms with E-state index in [2.05, 4.69) is 5.32 Å². The predicted molar refractivity (Wildman–Crippen MR) is 95.2 cm³/mol. The molecule has 2 amide bonds. The van der Waals surface area contributed by atoms with E-state index in [4.69, 9.17) is 17.3 Å². The molecule has 1 aliphatic carbocycles. The van der Waals surface area contributed by atoms with Gasteiger partial charge in [0.25, 0.3) is 5.91 Å². The molecule has 5 nitrogen and oxygen atoms in total. The third-order valence-electron chi connectivity index (χ3n) is 5.05. The number of hydrogen-bond acceptors (Lipinski definition) is 3. The molecule has 1 aromatic rings. The molecule has 1 heterocycles. The van der Waals surface area contributed by atoms with Crippen LogP contribution in [0, 0.1) is 0 Å². The third kappa shape index (κ3) is 3.57. The zero-order valence-electron chi connectivity index (χ0n) is 13.8. The summed E-state index contributed by atoms with van der Waals surface area (Å²) in [6, 6.07) is 5.04. The number of anilines is 1. The van der Waals surface area contributed by atoms with Gasteiger partial charge in [0.05, 0.1) is 16.1 Å². The van der Waals surface area contributed by atoms with Gasteiger partial charge in [-0.2, -0.15) is 0 Å². The Labute approximate surface area is 147 Å². The minimum absolute atomic E-state index is 0.0383. The van der Waals surface area contributed by atoms with Crippen molar-refractivity contribution in [3.05, 3.63) is 28.8 Å². The molecular weight excluding hydrogens is 326 g/mol. The van der Waals surface area contributed by atoms with E-state index in [1.165, 1.54) is 6.42 Å². The molecule has 1 saturated carbocycles. The van der Waals surface area contributed by atoms with Gasteiger partial charge in [0.2, 0.25) is 5.91 Å². The van der Waals surface area contributed by atoms with Gasteiger partial charge in [-0.15, -0.1) is 0 Å². The van der Waals surface area contributed by atoms with Gasteiger partial charge >= 0.3 is 0 Å². The Bertz CT molecular complexity index is 635. The molecule has 3 N–H and O–H groups in total. The summed E-state index contributed by atoms with van der Waals surface area (Å²) < 4.78 is 0. The molecule has 0 radical (unpaired) electrons. The largest absolute Gasteiger partial charge is 0.339 e. The van der Waals surface area contributed by atoms with E-state index in [0.717, 1.165) is 38.8 Å². The molecule has 1 aliphatic heterocycles. The number of nitrogens with zero attached hydrogens (tertiary/aromatic N) is 1. The van der Waals surface area contributed by atoms with Gasteiger partial charge in [-0.05, 0) is 50.3 Å². The zero-order valence-corrected chi connectivity index (χ0v) is 14.6. The number of piperidine rings is 1. The van der Waals surface area contributed by atoms with Gasteiger partial charge in [-0.25, -0.2) is 0 Å². The van der Waals surface area contributed by atoms with Crippen LogP contribution in [-0.4, -0.2) is 35.3 Å². The number of hydrogen-bond donors (Lipinski definition) is 2. The molecule has 3 rings (SSSR count). The predicted octanol–water partition coefficient (Wildman–Crippen LogP) is 3.18.